The van der Waals surface area contributed by atoms with Crippen molar-refractivity contribution in [2.24, 2.45) is 0 Å². The van der Waals surface area contributed by atoms with Crippen LogP contribution in [0.5, 0.6) is 0 Å². The molecule has 0 unspecified atom stereocenters. The molecular weight excluding hydrogens is 280 g/mol. The van der Waals surface area contributed by atoms with E-state index >= 15 is 0 Å². The van der Waals surface area contributed by atoms with Crippen LogP contribution in [0.4, 0.5) is 0 Å². The molecule has 2 aromatic heterocycles. The summed E-state index contributed by atoms with van der Waals surface area (Å²) in [6.07, 6.45) is 0. The maximum absolute atomic E-state index is 9.28. The van der Waals surface area contributed by atoms with Gasteiger partial charge in [0.25, 0.3) is 0 Å². The van der Waals surface area contributed by atoms with Crippen molar-refractivity contribution < 1.29 is 10.2 Å². The molecule has 2 rings (SSSR count). The first kappa shape index (κ1) is 16.7. The van der Waals surface area contributed by atoms with Crippen LogP contribution < -0.4 is 0 Å². The molecule has 0 atom stereocenters. The highest BCUT2D eigenvalue weighted by molar-refractivity contribution is 5.57. The molecular formula is C16H26N4O2. The first-order chi connectivity index (χ1) is 10.5. The van der Waals surface area contributed by atoms with Crippen molar-refractivity contribution in [3.8, 4) is 11.4 Å². The zero-order valence-electron chi connectivity index (χ0n) is 13.8. The van der Waals surface area contributed by atoms with Crippen LogP contribution in [0, 0.1) is 0 Å². The molecule has 2 aromatic rings. The minimum absolute atomic E-state index is 0.0391. The van der Waals surface area contributed by atoms with Crippen LogP contribution in [-0.4, -0.2) is 43.0 Å². The Morgan fingerprint density at radius 2 is 1.18 bits per heavy atom. The molecule has 0 aromatic carbocycles. The van der Waals surface area contributed by atoms with E-state index in [-0.39, 0.29) is 13.2 Å². The van der Waals surface area contributed by atoms with Gasteiger partial charge < -0.3 is 10.2 Å². The fraction of sp³-hybridized carbons (Fsp3) is 0.625. The van der Waals surface area contributed by atoms with E-state index in [9.17, 15) is 10.2 Å². The molecule has 6 heteroatoms. The van der Waals surface area contributed by atoms with E-state index in [0.29, 0.717) is 24.9 Å². The highest BCUT2D eigenvalue weighted by Crippen LogP contribution is 2.27. The van der Waals surface area contributed by atoms with E-state index in [1.807, 2.05) is 9.36 Å². The van der Waals surface area contributed by atoms with Gasteiger partial charge in [-0.1, -0.05) is 27.7 Å². The number of rotatable bonds is 7. The number of nitrogens with zero attached hydrogens (tertiary/aromatic N) is 4. The normalized spacial score (nSPS) is 11.8. The molecule has 122 valence electrons. The van der Waals surface area contributed by atoms with Crippen LogP contribution in [0.2, 0.25) is 0 Å². The molecule has 0 bridgehead atoms. The number of hydrogen-bond acceptors (Lipinski definition) is 4. The fourth-order valence-corrected chi connectivity index (χ4v) is 2.38. The Kier molecular flexibility index (Phi) is 5.37. The van der Waals surface area contributed by atoms with Gasteiger partial charge in [-0.3, -0.25) is 9.36 Å². The summed E-state index contributed by atoms with van der Waals surface area (Å²) in [5, 5.41) is 27.7. The topological polar surface area (TPSA) is 76.1 Å². The Morgan fingerprint density at radius 1 is 0.818 bits per heavy atom. The lowest BCUT2D eigenvalue weighted by Crippen LogP contribution is -2.10. The highest BCUT2D eigenvalue weighted by Gasteiger charge is 2.18. The molecule has 0 spiro atoms. The summed E-state index contributed by atoms with van der Waals surface area (Å²) in [5.74, 6) is 0.634. The molecule has 6 nitrogen and oxygen atoms in total. The van der Waals surface area contributed by atoms with Crippen LogP contribution in [0.3, 0.4) is 0 Å². The van der Waals surface area contributed by atoms with Crippen molar-refractivity contribution in [1.29, 1.82) is 0 Å². The number of aliphatic hydroxyl groups excluding tert-OH is 2. The van der Waals surface area contributed by atoms with Crippen molar-refractivity contribution in [3.63, 3.8) is 0 Å². The molecule has 0 radical (unpaired) electrons. The third-order valence-electron chi connectivity index (χ3n) is 3.67. The van der Waals surface area contributed by atoms with Gasteiger partial charge in [0.15, 0.2) is 0 Å². The molecule has 0 amide bonds. The monoisotopic (exact) mass is 306 g/mol. The van der Waals surface area contributed by atoms with Crippen LogP contribution in [0.15, 0.2) is 12.1 Å². The van der Waals surface area contributed by atoms with E-state index in [0.717, 1.165) is 22.8 Å². The van der Waals surface area contributed by atoms with Crippen molar-refractivity contribution in [2.45, 2.75) is 52.6 Å². The largest absolute Gasteiger partial charge is 0.394 e. The summed E-state index contributed by atoms with van der Waals surface area (Å²) >= 11 is 0. The van der Waals surface area contributed by atoms with Gasteiger partial charge in [-0.05, 0) is 24.0 Å². The van der Waals surface area contributed by atoms with E-state index in [2.05, 4.69) is 50.0 Å². The van der Waals surface area contributed by atoms with E-state index in [1.54, 1.807) is 0 Å². The van der Waals surface area contributed by atoms with Gasteiger partial charge >= 0.3 is 0 Å². The molecule has 2 N–H and O–H groups in total. The van der Waals surface area contributed by atoms with Crippen LogP contribution in [0.25, 0.3) is 11.4 Å². The van der Waals surface area contributed by atoms with Gasteiger partial charge in [-0.25, -0.2) is 0 Å². The summed E-state index contributed by atoms with van der Waals surface area (Å²) in [4.78, 5) is 0. The summed E-state index contributed by atoms with van der Waals surface area (Å²) in [7, 11) is 0. The molecule has 2 heterocycles. The van der Waals surface area contributed by atoms with Crippen LogP contribution in [0.1, 0.15) is 50.9 Å². The zero-order valence-corrected chi connectivity index (χ0v) is 13.8. The predicted molar refractivity (Wildman–Crippen MR) is 85.8 cm³/mol. The minimum Gasteiger partial charge on any atom is -0.394 e. The van der Waals surface area contributed by atoms with Gasteiger partial charge in [-0.15, -0.1) is 0 Å². The molecule has 0 saturated heterocycles. The highest BCUT2D eigenvalue weighted by atomic mass is 16.3. The molecule has 0 aliphatic carbocycles. The number of aromatic nitrogens is 4. The van der Waals surface area contributed by atoms with Gasteiger partial charge in [0.2, 0.25) is 0 Å². The minimum atomic E-state index is 0.0391. The van der Waals surface area contributed by atoms with Gasteiger partial charge in [0, 0.05) is 0 Å². The summed E-state index contributed by atoms with van der Waals surface area (Å²) in [6.45, 7) is 9.36. The summed E-state index contributed by atoms with van der Waals surface area (Å²) in [5.41, 5.74) is 3.86. The Balaban J connectivity index is 2.53. The van der Waals surface area contributed by atoms with Gasteiger partial charge in [0.05, 0.1) is 49.1 Å². The Morgan fingerprint density at radius 3 is 1.45 bits per heavy atom. The lowest BCUT2D eigenvalue weighted by Gasteiger charge is -2.08. The van der Waals surface area contributed by atoms with Gasteiger partial charge in [-0.2, -0.15) is 10.2 Å². The lowest BCUT2D eigenvalue weighted by molar-refractivity contribution is 0.266. The van der Waals surface area contributed by atoms with Crippen molar-refractivity contribution >= 4 is 0 Å². The maximum Gasteiger partial charge on any atom is 0.0867 e. The quantitative estimate of drug-likeness (QED) is 0.820. The first-order valence-corrected chi connectivity index (χ1v) is 7.85. The van der Waals surface area contributed by atoms with Crippen molar-refractivity contribution in [1.82, 2.24) is 19.6 Å². The molecule has 0 aliphatic rings. The average Bonchev–Trinajstić information content (AvgIpc) is 3.04. The Bertz CT molecular complexity index is 559. The molecule has 0 fully saturated rings. The van der Waals surface area contributed by atoms with Gasteiger partial charge in [0.1, 0.15) is 0 Å². The standard InChI is InChI=1S/C16H26N4O2/c1-11(2)13-9-15(19(17-13)5-7-21)16-10-14(12(3)4)18-20(16)6-8-22/h9-12,21-22H,5-8H2,1-4H3. The second-order valence-corrected chi connectivity index (χ2v) is 6.11. The summed E-state index contributed by atoms with van der Waals surface area (Å²) in [6, 6.07) is 4.10. The number of aliphatic hydroxyl groups is 2. The van der Waals surface area contributed by atoms with Crippen molar-refractivity contribution in [2.75, 3.05) is 13.2 Å². The SMILES string of the molecule is CC(C)c1cc(-c2cc(C(C)C)nn2CCO)n(CCO)n1. The van der Waals surface area contributed by atoms with E-state index in [1.165, 1.54) is 0 Å². The Labute approximate surface area is 131 Å². The van der Waals surface area contributed by atoms with E-state index in [4.69, 9.17) is 0 Å². The second-order valence-electron chi connectivity index (χ2n) is 6.11. The van der Waals surface area contributed by atoms with Crippen molar-refractivity contribution in [3.05, 3.63) is 23.5 Å². The third-order valence-corrected chi connectivity index (χ3v) is 3.67. The number of hydrogen-bond donors (Lipinski definition) is 2. The molecule has 0 saturated carbocycles. The second kappa shape index (κ2) is 7.07. The lowest BCUT2D eigenvalue weighted by atomic mass is 10.1. The molecule has 22 heavy (non-hydrogen) atoms. The first-order valence-electron chi connectivity index (χ1n) is 7.85. The van der Waals surface area contributed by atoms with Crippen LogP contribution >= 0.6 is 0 Å². The third kappa shape index (κ3) is 3.39. The predicted octanol–water partition coefficient (Wildman–Crippen LogP) is 1.98. The smallest absolute Gasteiger partial charge is 0.0867 e. The summed E-state index contributed by atoms with van der Waals surface area (Å²) < 4.78 is 3.65. The van der Waals surface area contributed by atoms with Crippen LogP contribution in [-0.2, 0) is 13.1 Å². The fourth-order valence-electron chi connectivity index (χ4n) is 2.38. The zero-order chi connectivity index (χ0) is 16.3. The Hall–Kier alpha value is -1.66. The van der Waals surface area contributed by atoms with E-state index < -0.39 is 0 Å². The average molecular weight is 306 g/mol. The maximum atomic E-state index is 9.28. The molecule has 0 aliphatic heterocycles.